The summed E-state index contributed by atoms with van der Waals surface area (Å²) in [7, 11) is 1.43. The van der Waals surface area contributed by atoms with Crippen LogP contribution in [0.3, 0.4) is 0 Å². The fourth-order valence-corrected chi connectivity index (χ4v) is 1.42. The van der Waals surface area contributed by atoms with Crippen LogP contribution in [0, 0.1) is 11.6 Å². The number of halogens is 5. The van der Waals surface area contributed by atoms with E-state index in [0.29, 0.717) is 6.07 Å². The number of alkyl halides is 3. The van der Waals surface area contributed by atoms with Gasteiger partial charge in [0.1, 0.15) is 0 Å². The molecular weight excluding hydrogens is 269 g/mol. The lowest BCUT2D eigenvalue weighted by Crippen LogP contribution is -2.10. The molecule has 0 aromatic carbocycles. The molecule has 19 heavy (non-hydrogen) atoms. The van der Waals surface area contributed by atoms with Gasteiger partial charge in [-0.1, -0.05) is 0 Å². The van der Waals surface area contributed by atoms with Crippen LogP contribution in [0.4, 0.5) is 33.6 Å². The second-order valence-electron chi connectivity index (χ2n) is 3.90. The molecule has 3 nitrogen and oxygen atoms in total. The summed E-state index contributed by atoms with van der Waals surface area (Å²) in [6.45, 7) is 0.134. The molecule has 1 aromatic heterocycles. The minimum absolute atomic E-state index is 0.0573. The zero-order valence-electron chi connectivity index (χ0n) is 10.2. The van der Waals surface area contributed by atoms with E-state index >= 15 is 0 Å². The second-order valence-corrected chi connectivity index (χ2v) is 3.90. The smallest absolute Gasteiger partial charge is 0.371 e. The normalized spacial score (nSPS) is 11.5. The number of unbranched alkanes of at least 4 members (excludes halogenated alkanes) is 1. The fraction of sp³-hybridized carbons (Fsp3) is 0.545. The molecule has 1 heterocycles. The molecule has 1 aromatic rings. The number of pyridine rings is 1. The van der Waals surface area contributed by atoms with Crippen LogP contribution in [0.1, 0.15) is 19.3 Å². The Bertz CT molecular complexity index is 420. The highest BCUT2D eigenvalue weighted by molar-refractivity contribution is 5.47. The number of hydrogen-bond acceptors (Lipinski definition) is 3. The maximum Gasteiger partial charge on any atom is 0.389 e. The van der Waals surface area contributed by atoms with Crippen molar-refractivity contribution < 1.29 is 22.0 Å². The molecule has 0 aliphatic heterocycles. The summed E-state index contributed by atoms with van der Waals surface area (Å²) in [5.41, 5.74) is 0. The lowest BCUT2D eigenvalue weighted by molar-refractivity contribution is -0.135. The van der Waals surface area contributed by atoms with E-state index in [-0.39, 0.29) is 31.0 Å². The summed E-state index contributed by atoms with van der Waals surface area (Å²) in [4.78, 5) is 3.64. The van der Waals surface area contributed by atoms with Crippen molar-refractivity contribution in [3.63, 3.8) is 0 Å². The molecule has 0 fully saturated rings. The van der Waals surface area contributed by atoms with E-state index in [2.05, 4.69) is 15.6 Å². The average Bonchev–Trinajstić information content (AvgIpc) is 2.29. The van der Waals surface area contributed by atoms with Crippen LogP contribution < -0.4 is 10.6 Å². The number of nitrogens with one attached hydrogen (secondary N) is 2. The Labute approximate surface area is 107 Å². The first-order valence-corrected chi connectivity index (χ1v) is 5.68. The summed E-state index contributed by atoms with van der Waals surface area (Å²) >= 11 is 0. The Kier molecular flexibility index (Phi) is 5.31. The highest BCUT2D eigenvalue weighted by Gasteiger charge is 2.25. The Morgan fingerprint density at radius 2 is 1.74 bits per heavy atom. The molecule has 8 heteroatoms. The quantitative estimate of drug-likeness (QED) is 0.619. The number of nitrogens with zero attached hydrogens (tertiary/aromatic N) is 1. The molecule has 0 amide bonds. The van der Waals surface area contributed by atoms with Crippen molar-refractivity contribution in [1.82, 2.24) is 4.98 Å². The maximum absolute atomic E-state index is 13.3. The predicted molar refractivity (Wildman–Crippen MR) is 62.1 cm³/mol. The minimum Gasteiger partial charge on any atom is -0.371 e. The van der Waals surface area contributed by atoms with Crippen molar-refractivity contribution >= 4 is 11.6 Å². The van der Waals surface area contributed by atoms with E-state index in [4.69, 9.17) is 0 Å². The first-order valence-electron chi connectivity index (χ1n) is 5.68. The predicted octanol–water partition coefficient (Wildman–Crippen LogP) is 3.55. The molecule has 0 spiro atoms. The van der Waals surface area contributed by atoms with Gasteiger partial charge in [0.25, 0.3) is 0 Å². The van der Waals surface area contributed by atoms with Crippen molar-refractivity contribution in [3.05, 3.63) is 17.7 Å². The zero-order chi connectivity index (χ0) is 14.5. The molecule has 0 saturated heterocycles. The molecule has 108 valence electrons. The standard InChI is InChI=1S/C11H14F5N3/c1-17-9-7(12)6-8(13)10(19-9)18-5-3-2-4-11(14,15)16/h6H,2-5H2,1H3,(H2,17,18,19). The van der Waals surface area contributed by atoms with Crippen molar-refractivity contribution in [2.24, 2.45) is 0 Å². The Hall–Kier alpha value is -1.60. The summed E-state index contributed by atoms with van der Waals surface area (Å²) < 4.78 is 62.0. The van der Waals surface area contributed by atoms with Crippen molar-refractivity contribution in [1.29, 1.82) is 0 Å². The number of anilines is 2. The molecule has 0 bridgehead atoms. The van der Waals surface area contributed by atoms with Crippen LogP contribution in [0.2, 0.25) is 0 Å². The van der Waals surface area contributed by atoms with E-state index < -0.39 is 24.2 Å². The van der Waals surface area contributed by atoms with Crippen LogP contribution >= 0.6 is 0 Å². The molecule has 1 rings (SSSR count). The Balaban J connectivity index is 2.45. The van der Waals surface area contributed by atoms with Crippen molar-refractivity contribution in [2.75, 3.05) is 24.2 Å². The lowest BCUT2D eigenvalue weighted by atomic mass is 10.2. The highest BCUT2D eigenvalue weighted by atomic mass is 19.4. The van der Waals surface area contributed by atoms with E-state index in [1.807, 2.05) is 0 Å². The van der Waals surface area contributed by atoms with Crippen LogP contribution in [-0.4, -0.2) is 24.8 Å². The summed E-state index contributed by atoms with van der Waals surface area (Å²) in [6.07, 6.45) is -4.90. The van der Waals surface area contributed by atoms with Gasteiger partial charge in [-0.15, -0.1) is 0 Å². The van der Waals surface area contributed by atoms with Crippen LogP contribution in [0.25, 0.3) is 0 Å². The monoisotopic (exact) mass is 283 g/mol. The fourth-order valence-electron chi connectivity index (χ4n) is 1.42. The third-order valence-electron chi connectivity index (χ3n) is 2.35. The van der Waals surface area contributed by atoms with Gasteiger partial charge in [0.05, 0.1) is 0 Å². The molecular formula is C11H14F5N3. The second kappa shape index (κ2) is 6.53. The summed E-state index contributed by atoms with van der Waals surface area (Å²) in [5.74, 6) is -2.02. The topological polar surface area (TPSA) is 37.0 Å². The van der Waals surface area contributed by atoms with Crippen LogP contribution in [0.5, 0.6) is 0 Å². The molecule has 0 saturated carbocycles. The maximum atomic E-state index is 13.3. The molecule has 0 radical (unpaired) electrons. The summed E-state index contributed by atoms with van der Waals surface area (Å²) in [5, 5.41) is 4.98. The van der Waals surface area contributed by atoms with Crippen molar-refractivity contribution in [2.45, 2.75) is 25.4 Å². The van der Waals surface area contributed by atoms with Crippen molar-refractivity contribution in [3.8, 4) is 0 Å². The summed E-state index contributed by atoms with van der Waals surface area (Å²) in [6, 6.07) is 0.664. The molecule has 0 aliphatic carbocycles. The van der Waals surface area contributed by atoms with Crippen LogP contribution in [-0.2, 0) is 0 Å². The molecule has 0 atom stereocenters. The first-order chi connectivity index (χ1) is 8.83. The lowest BCUT2D eigenvalue weighted by Gasteiger charge is -2.10. The largest absolute Gasteiger partial charge is 0.389 e. The van der Waals surface area contributed by atoms with Gasteiger partial charge in [-0.25, -0.2) is 13.8 Å². The number of hydrogen-bond donors (Lipinski definition) is 2. The Morgan fingerprint density at radius 1 is 1.11 bits per heavy atom. The van der Waals surface area contributed by atoms with E-state index in [1.165, 1.54) is 7.05 Å². The van der Waals surface area contributed by atoms with Gasteiger partial charge < -0.3 is 10.6 Å². The van der Waals surface area contributed by atoms with Gasteiger partial charge in [-0.3, -0.25) is 0 Å². The SMILES string of the molecule is CNc1nc(NCCCCC(F)(F)F)c(F)cc1F. The average molecular weight is 283 g/mol. The van der Waals surface area contributed by atoms with Gasteiger partial charge in [0, 0.05) is 26.1 Å². The van der Waals surface area contributed by atoms with Gasteiger partial charge in [0.15, 0.2) is 23.3 Å². The minimum atomic E-state index is -4.18. The van der Waals surface area contributed by atoms with Gasteiger partial charge in [0.2, 0.25) is 0 Å². The Morgan fingerprint density at radius 3 is 2.32 bits per heavy atom. The molecule has 2 N–H and O–H groups in total. The highest BCUT2D eigenvalue weighted by Crippen LogP contribution is 2.22. The third kappa shape index (κ3) is 5.27. The van der Waals surface area contributed by atoms with E-state index in [0.717, 1.165) is 0 Å². The molecule has 0 aliphatic rings. The number of aromatic nitrogens is 1. The molecule has 0 unspecified atom stereocenters. The number of rotatable bonds is 6. The van der Waals surface area contributed by atoms with E-state index in [9.17, 15) is 22.0 Å². The van der Waals surface area contributed by atoms with Gasteiger partial charge >= 0.3 is 6.18 Å². The van der Waals surface area contributed by atoms with Gasteiger partial charge in [-0.2, -0.15) is 13.2 Å². The van der Waals surface area contributed by atoms with Crippen LogP contribution in [0.15, 0.2) is 6.07 Å². The first kappa shape index (κ1) is 15.5. The third-order valence-corrected chi connectivity index (χ3v) is 2.35. The van der Waals surface area contributed by atoms with Gasteiger partial charge in [-0.05, 0) is 12.8 Å². The van der Waals surface area contributed by atoms with E-state index in [1.54, 1.807) is 0 Å². The zero-order valence-corrected chi connectivity index (χ0v) is 10.2.